The van der Waals surface area contributed by atoms with Gasteiger partial charge in [0.15, 0.2) is 0 Å². The molecule has 1 heterocycles. The Kier molecular flexibility index (Phi) is 17.5. The van der Waals surface area contributed by atoms with Crippen molar-refractivity contribution in [3.63, 3.8) is 0 Å². The first-order valence-corrected chi connectivity index (χ1v) is 17.4. The zero-order chi connectivity index (χ0) is 37.2. The Morgan fingerprint density at radius 3 is 1.71 bits per heavy atom. The lowest BCUT2D eigenvalue weighted by Gasteiger charge is -2.33. The largest absolute Gasteiger partial charge is 0.480 e. The third-order valence-electron chi connectivity index (χ3n) is 8.35. The van der Waals surface area contributed by atoms with Crippen LogP contribution in [0.1, 0.15) is 29.9 Å². The van der Waals surface area contributed by atoms with Gasteiger partial charge in [-0.15, -0.1) is 0 Å². The van der Waals surface area contributed by atoms with E-state index >= 15 is 0 Å². The lowest BCUT2D eigenvalue weighted by atomic mass is 9.92. The monoisotopic (exact) mass is 734 g/mol. The Morgan fingerprint density at radius 1 is 0.765 bits per heavy atom. The van der Waals surface area contributed by atoms with Crippen molar-refractivity contribution in [2.24, 2.45) is 0 Å². The summed E-state index contributed by atoms with van der Waals surface area (Å²) >= 11 is 0. The minimum Gasteiger partial charge on any atom is -0.480 e. The number of nitro groups is 1. The molecule has 3 atom stereocenters. The van der Waals surface area contributed by atoms with Crippen LogP contribution in [-0.2, 0) is 39.8 Å². The third-order valence-corrected chi connectivity index (χ3v) is 9.09. The molecule has 0 aromatic heterocycles. The van der Waals surface area contributed by atoms with E-state index in [9.17, 15) is 49.2 Å². The number of benzene rings is 2. The lowest BCUT2D eigenvalue weighted by Crippen LogP contribution is -2.50. The zero-order valence-corrected chi connectivity index (χ0v) is 29.2. The summed E-state index contributed by atoms with van der Waals surface area (Å²) in [4.78, 5) is 65.0. The fourth-order valence-corrected chi connectivity index (χ4v) is 6.22. The number of carboxylic acids is 3. The topological polar surface area (TPSA) is 221 Å². The van der Waals surface area contributed by atoms with Gasteiger partial charge in [-0.2, -0.15) is 0 Å². The summed E-state index contributed by atoms with van der Waals surface area (Å²) in [5, 5.41) is 39.6. The number of hydrogen-bond acceptors (Lipinski definition) is 13. The van der Waals surface area contributed by atoms with Crippen LogP contribution in [0.25, 0.3) is 0 Å². The smallest absolute Gasteiger partial charge is 0.373 e. The van der Waals surface area contributed by atoms with Crippen molar-refractivity contribution in [2.75, 3.05) is 78.6 Å². The minimum atomic E-state index is -1.07. The van der Waals surface area contributed by atoms with Crippen molar-refractivity contribution in [1.29, 1.82) is 0 Å². The third kappa shape index (κ3) is 15.6. The second-order valence-corrected chi connectivity index (χ2v) is 12.8. The average molecular weight is 735 g/mol. The van der Waals surface area contributed by atoms with E-state index in [1.54, 1.807) is 31.7 Å². The highest BCUT2D eigenvalue weighted by Gasteiger charge is 2.29. The number of aliphatic carboxylic acids is 3. The van der Waals surface area contributed by atoms with Crippen molar-refractivity contribution >= 4 is 38.0 Å². The van der Waals surface area contributed by atoms with Crippen LogP contribution in [0.3, 0.4) is 0 Å². The predicted molar refractivity (Wildman–Crippen MR) is 184 cm³/mol. The average Bonchev–Trinajstić information content (AvgIpc) is 3.09. The van der Waals surface area contributed by atoms with Crippen molar-refractivity contribution < 1.29 is 53.5 Å². The van der Waals surface area contributed by atoms with E-state index in [4.69, 9.17) is 9.47 Å². The lowest BCUT2D eigenvalue weighted by molar-refractivity contribution is -0.384. The van der Waals surface area contributed by atoms with Gasteiger partial charge < -0.3 is 24.8 Å². The summed E-state index contributed by atoms with van der Waals surface area (Å²) in [6.07, 6.45) is 0.220. The molecule has 1 fully saturated rings. The van der Waals surface area contributed by atoms with Crippen LogP contribution in [0, 0.1) is 10.1 Å². The molecular weight excluding hydrogens is 689 g/mol. The highest BCUT2D eigenvalue weighted by molar-refractivity contribution is 7.24. The molecule has 1 saturated heterocycles. The van der Waals surface area contributed by atoms with Crippen LogP contribution in [0.15, 0.2) is 54.6 Å². The maximum atomic E-state index is 12.9. The molecule has 0 aliphatic carbocycles. The molecule has 278 valence electrons. The normalized spacial score (nSPS) is 17.1. The highest BCUT2D eigenvalue weighted by Crippen LogP contribution is 2.27. The molecule has 2 aromatic rings. The molecule has 3 unspecified atom stereocenters. The summed E-state index contributed by atoms with van der Waals surface area (Å²) in [6.45, 7) is 1.02. The summed E-state index contributed by atoms with van der Waals surface area (Å²) in [6, 6.07) is 15.0. The summed E-state index contributed by atoms with van der Waals surface area (Å²) < 4.78 is 24.1. The van der Waals surface area contributed by atoms with Crippen molar-refractivity contribution in [3.8, 4) is 0 Å². The predicted octanol–water partition coefficient (Wildman–Crippen LogP) is 2.00. The molecule has 0 radical (unpaired) electrons. The number of non-ortho nitro benzene ring substituents is 1. The van der Waals surface area contributed by atoms with E-state index in [0.29, 0.717) is 5.56 Å². The Labute approximate surface area is 296 Å². The van der Waals surface area contributed by atoms with Crippen LogP contribution in [0.2, 0.25) is 0 Å². The highest BCUT2D eigenvalue weighted by atomic mass is 31.1. The van der Waals surface area contributed by atoms with Crippen molar-refractivity contribution in [1.82, 2.24) is 19.6 Å². The fraction of sp³-hybridized carbons (Fsp3) is 0.515. The van der Waals surface area contributed by atoms with E-state index in [0.717, 1.165) is 5.56 Å². The number of esters is 1. The summed E-state index contributed by atoms with van der Waals surface area (Å²) in [5.41, 5.74) is 1.36. The van der Waals surface area contributed by atoms with Gasteiger partial charge in [0.2, 0.25) is 0 Å². The van der Waals surface area contributed by atoms with Crippen molar-refractivity contribution in [2.45, 2.75) is 31.3 Å². The molecule has 3 rings (SSSR count). The SMILES string of the molecule is O=[PH+]C(OCCC(CC(=O)OCc1ccccc1)c1ccc([N+](=O)[O-])cc1)N1CCN(CC(=O)O)CCN(CC(=O)O)CCN(CC(=O)O)CC1. The maximum Gasteiger partial charge on any atom is 0.373 e. The number of ether oxygens (including phenoxy) is 2. The minimum absolute atomic E-state index is 0.0336. The Morgan fingerprint density at radius 2 is 1.25 bits per heavy atom. The number of nitrogens with zero attached hydrogens (tertiary/aromatic N) is 5. The molecular formula is C33H45N5O12P+. The molecule has 18 heteroatoms. The second kappa shape index (κ2) is 21.8. The number of rotatable bonds is 18. The molecule has 0 spiro atoms. The molecule has 2 aromatic carbocycles. The Bertz CT molecular complexity index is 1420. The molecule has 51 heavy (non-hydrogen) atoms. The zero-order valence-electron chi connectivity index (χ0n) is 28.2. The van der Waals surface area contributed by atoms with Gasteiger partial charge in [-0.3, -0.25) is 44.0 Å². The number of nitro benzene ring substituents is 1. The van der Waals surface area contributed by atoms with Gasteiger partial charge in [-0.05, 0) is 23.5 Å². The van der Waals surface area contributed by atoms with Gasteiger partial charge in [0, 0.05) is 64.5 Å². The van der Waals surface area contributed by atoms with Crippen molar-refractivity contribution in [3.05, 3.63) is 75.8 Å². The Balaban J connectivity index is 1.74. The van der Waals surface area contributed by atoms with Gasteiger partial charge in [0.05, 0.1) is 37.6 Å². The van der Waals surface area contributed by atoms with Gasteiger partial charge in [-0.25, -0.2) is 4.90 Å². The molecule has 1 aliphatic heterocycles. The quantitative estimate of drug-likeness (QED) is 0.0863. The fourth-order valence-electron chi connectivity index (χ4n) is 5.62. The number of carbonyl (C=O) groups is 4. The molecule has 0 saturated carbocycles. The first-order valence-electron chi connectivity index (χ1n) is 16.4. The maximum absolute atomic E-state index is 12.9. The standard InChI is InChI=1S/C33H44N5O12P/c39-29(40)21-34-11-13-35(22-30(41)42)15-17-37(18-16-36(14-12-34)23-31(43)44)33(51-48)49-19-10-27(26-6-8-28(9-7-26)38(46)47)20-32(45)50-24-25-4-2-1-3-5-25/h1-9,27,33H,10-24H2,(H,39,40)(H,41,42)(H,43,44)/p+1. The summed E-state index contributed by atoms with van der Waals surface area (Å²) in [5.74, 6) is -5.07. The molecule has 17 nitrogen and oxygen atoms in total. The molecule has 1 aliphatic rings. The number of hydrogen-bond donors (Lipinski definition) is 3. The molecule has 3 N–H and O–H groups in total. The van der Waals surface area contributed by atoms with E-state index in [1.165, 1.54) is 12.1 Å². The van der Waals surface area contributed by atoms with Crippen LogP contribution in [-0.4, -0.2) is 148 Å². The van der Waals surface area contributed by atoms with Gasteiger partial charge in [-0.1, -0.05) is 47.0 Å². The first kappa shape index (κ1) is 41.0. The van der Waals surface area contributed by atoms with Gasteiger partial charge >= 0.3 is 38.3 Å². The van der Waals surface area contributed by atoms with E-state index < -0.39 is 49.1 Å². The van der Waals surface area contributed by atoms with Gasteiger partial charge in [0.1, 0.15) is 6.61 Å². The van der Waals surface area contributed by atoms with Gasteiger partial charge in [0.25, 0.3) is 5.69 Å². The van der Waals surface area contributed by atoms with E-state index in [-0.39, 0.29) is 104 Å². The molecule has 0 bridgehead atoms. The molecule has 0 amide bonds. The Hall–Kier alpha value is -4.38. The number of carbonyl (C=O) groups excluding carboxylic acids is 1. The second-order valence-electron chi connectivity index (χ2n) is 12.1. The number of carboxylic acid groups (broad SMARTS) is 3. The van der Waals surface area contributed by atoms with Crippen LogP contribution in [0.4, 0.5) is 5.69 Å². The summed E-state index contributed by atoms with van der Waals surface area (Å²) in [7, 11) is -0.974. The van der Waals surface area contributed by atoms with E-state index in [2.05, 4.69) is 0 Å². The van der Waals surface area contributed by atoms with Crippen LogP contribution < -0.4 is 0 Å². The van der Waals surface area contributed by atoms with Crippen LogP contribution in [0.5, 0.6) is 0 Å². The first-order chi connectivity index (χ1) is 24.4. The van der Waals surface area contributed by atoms with Crippen LogP contribution >= 0.6 is 8.46 Å². The van der Waals surface area contributed by atoms with E-state index in [1.807, 2.05) is 30.3 Å².